The first kappa shape index (κ1) is 50.5. The SMILES string of the molecule is Cc1ncsc1-c1ccc([C@H](C)NC(=O)[C@@H]2C[C@H](O)CN2C(=O)[C@@H](NC(=O)COCCCOCCNC(=O)CC2N=C(c3ccc(Cl)cc3)c3c(sc(C)c3C)-n3c(C)nnc32)C(C)(C)C)cc1. The molecule has 16 nitrogen and oxygen atoms in total. The number of carbonyl (C=O) groups excluding carboxylic acids is 4. The number of likely N-dealkylation sites (tertiary alicyclic amines) is 1. The van der Waals surface area contributed by atoms with Crippen LogP contribution in [0.2, 0.25) is 5.02 Å². The molecule has 0 aliphatic carbocycles. The van der Waals surface area contributed by atoms with Crippen LogP contribution in [0.4, 0.5) is 0 Å². The molecule has 7 rings (SSSR count). The van der Waals surface area contributed by atoms with Crippen LogP contribution in [0.15, 0.2) is 59.0 Å². The monoisotopic (exact) mass is 985 g/mol. The summed E-state index contributed by atoms with van der Waals surface area (Å²) in [6.45, 7) is 16.2. The largest absolute Gasteiger partial charge is 0.391 e. The summed E-state index contributed by atoms with van der Waals surface area (Å²) in [5.41, 5.74) is 7.76. The number of thiazole rings is 1. The van der Waals surface area contributed by atoms with Crippen molar-refractivity contribution in [3.05, 3.63) is 104 Å². The molecule has 3 aromatic heterocycles. The van der Waals surface area contributed by atoms with Gasteiger partial charge in [-0.1, -0.05) is 68.8 Å². The standard InChI is InChI=1S/C49H60ClN9O7S2/c1-27-30(4)68-48-41(27)42(33-14-16-35(50)17-15-33)54-37(45-57-56-31(5)59(45)48)23-39(61)51-18-21-65-19-9-20-66-25-40(62)55-44(49(6,7)8)47(64)58-24-36(60)22-38(58)46(63)53-28(2)32-10-12-34(13-11-32)43-29(3)52-26-67-43/h10-17,26,28,36-38,44,60H,9,18-25H2,1-8H3,(H,51,61)(H,53,63)(H,55,62)/t28-,36-,37?,38-,44+/m0/s1. The molecule has 2 aliphatic heterocycles. The number of carbonyl (C=O) groups is 4. The van der Waals surface area contributed by atoms with E-state index in [1.807, 2.05) is 100 Å². The molecule has 362 valence electrons. The van der Waals surface area contributed by atoms with Crippen molar-refractivity contribution < 1.29 is 33.8 Å². The first-order valence-corrected chi connectivity index (χ1v) is 24.9. The van der Waals surface area contributed by atoms with E-state index >= 15 is 0 Å². The van der Waals surface area contributed by atoms with E-state index in [1.54, 1.807) is 22.7 Å². The molecule has 5 aromatic rings. The van der Waals surface area contributed by atoms with Crippen molar-refractivity contribution in [3.8, 4) is 15.4 Å². The molecule has 1 unspecified atom stereocenters. The lowest BCUT2D eigenvalue weighted by atomic mass is 9.85. The van der Waals surface area contributed by atoms with Crippen LogP contribution >= 0.6 is 34.3 Å². The number of aromatic nitrogens is 4. The Morgan fingerprint density at radius 1 is 0.926 bits per heavy atom. The van der Waals surface area contributed by atoms with Gasteiger partial charge in [0, 0.05) is 53.8 Å². The number of halogens is 1. The number of hydrogen-bond donors (Lipinski definition) is 4. The topological polar surface area (TPSA) is 202 Å². The summed E-state index contributed by atoms with van der Waals surface area (Å²) in [5.74, 6) is -0.217. The number of nitrogens with one attached hydrogen (secondary N) is 3. The Labute approximate surface area is 409 Å². The van der Waals surface area contributed by atoms with Crippen LogP contribution in [-0.2, 0) is 28.7 Å². The number of hydrogen-bond acceptors (Lipinski definition) is 13. The molecule has 1 saturated heterocycles. The Hall–Kier alpha value is -5.37. The van der Waals surface area contributed by atoms with Crippen molar-refractivity contribution in [2.24, 2.45) is 10.4 Å². The average molecular weight is 987 g/mol. The van der Waals surface area contributed by atoms with Gasteiger partial charge in [-0.05, 0) is 75.3 Å². The summed E-state index contributed by atoms with van der Waals surface area (Å²) in [5, 5.41) is 29.9. The van der Waals surface area contributed by atoms with Gasteiger partial charge in [0.1, 0.15) is 35.6 Å². The zero-order valence-corrected chi connectivity index (χ0v) is 42.1. The lowest BCUT2D eigenvalue weighted by molar-refractivity contribution is -0.144. The highest BCUT2D eigenvalue weighted by Crippen LogP contribution is 2.40. The van der Waals surface area contributed by atoms with Crippen LogP contribution in [0, 0.1) is 33.1 Å². The van der Waals surface area contributed by atoms with Crippen LogP contribution in [0.5, 0.6) is 0 Å². The minimum atomic E-state index is -0.984. The second-order valence-corrected chi connectivity index (χ2v) is 20.9. The van der Waals surface area contributed by atoms with Gasteiger partial charge in [-0.25, -0.2) is 4.98 Å². The number of rotatable bonds is 18. The second kappa shape index (κ2) is 21.9. The number of aliphatic hydroxyl groups excluding tert-OH is 1. The molecular weight excluding hydrogens is 926 g/mol. The Morgan fingerprint density at radius 2 is 1.63 bits per heavy atom. The highest BCUT2D eigenvalue weighted by atomic mass is 35.5. The van der Waals surface area contributed by atoms with Crippen molar-refractivity contribution in [2.75, 3.05) is 39.5 Å². The first-order chi connectivity index (χ1) is 32.4. The number of β-amino-alcohol motifs (C(OH)–C–C–N with tert-alkyl or cyclic N) is 1. The smallest absolute Gasteiger partial charge is 0.246 e. The number of fused-ring (bicyclic) bond motifs is 3. The summed E-state index contributed by atoms with van der Waals surface area (Å²) in [4.78, 5) is 67.3. The molecule has 19 heteroatoms. The van der Waals surface area contributed by atoms with Crippen LogP contribution in [0.3, 0.4) is 0 Å². The molecule has 68 heavy (non-hydrogen) atoms. The van der Waals surface area contributed by atoms with Gasteiger partial charge in [0.05, 0.1) is 47.0 Å². The van der Waals surface area contributed by atoms with E-state index in [-0.39, 0.29) is 63.6 Å². The van der Waals surface area contributed by atoms with Gasteiger partial charge in [0.15, 0.2) is 5.82 Å². The van der Waals surface area contributed by atoms with Crippen LogP contribution in [0.1, 0.15) is 104 Å². The highest BCUT2D eigenvalue weighted by Gasteiger charge is 2.45. The van der Waals surface area contributed by atoms with Crippen molar-refractivity contribution in [2.45, 2.75) is 105 Å². The van der Waals surface area contributed by atoms with Crippen molar-refractivity contribution >= 4 is 63.6 Å². The van der Waals surface area contributed by atoms with Gasteiger partial charge in [-0.2, -0.15) is 0 Å². The lowest BCUT2D eigenvalue weighted by Crippen LogP contribution is -2.58. The molecular formula is C49H60ClN9O7S2. The zero-order chi connectivity index (χ0) is 48.9. The van der Waals surface area contributed by atoms with Crippen molar-refractivity contribution in [1.29, 1.82) is 0 Å². The number of ether oxygens (including phenoxy) is 2. The van der Waals surface area contributed by atoms with E-state index in [4.69, 9.17) is 26.1 Å². The summed E-state index contributed by atoms with van der Waals surface area (Å²) in [6, 6.07) is 12.6. The molecule has 0 radical (unpaired) electrons. The number of amides is 4. The molecule has 0 saturated carbocycles. The van der Waals surface area contributed by atoms with Crippen molar-refractivity contribution in [3.63, 3.8) is 0 Å². The fourth-order valence-corrected chi connectivity index (χ4v) is 10.5. The minimum absolute atomic E-state index is 0.0302. The molecule has 5 heterocycles. The van der Waals surface area contributed by atoms with Crippen LogP contribution < -0.4 is 16.0 Å². The van der Waals surface area contributed by atoms with Gasteiger partial charge >= 0.3 is 0 Å². The van der Waals surface area contributed by atoms with Gasteiger partial charge in [-0.15, -0.1) is 32.9 Å². The number of thiophene rings is 1. The van der Waals surface area contributed by atoms with Crippen LogP contribution in [-0.4, -0.2) is 117 Å². The molecule has 4 N–H and O–H groups in total. The Balaban J connectivity index is 0.840. The third-order valence-corrected chi connectivity index (χ3v) is 14.6. The molecule has 0 bridgehead atoms. The highest BCUT2D eigenvalue weighted by molar-refractivity contribution is 7.15. The van der Waals surface area contributed by atoms with E-state index in [1.165, 1.54) is 4.90 Å². The Kier molecular flexibility index (Phi) is 16.3. The summed E-state index contributed by atoms with van der Waals surface area (Å²) in [7, 11) is 0. The third-order valence-electron chi connectivity index (χ3n) is 12.2. The van der Waals surface area contributed by atoms with E-state index in [9.17, 15) is 24.3 Å². The predicted molar refractivity (Wildman–Crippen MR) is 264 cm³/mol. The molecule has 2 aliphatic rings. The van der Waals surface area contributed by atoms with Gasteiger partial charge in [0.25, 0.3) is 0 Å². The first-order valence-electron chi connectivity index (χ1n) is 22.8. The molecule has 5 atom stereocenters. The number of benzene rings is 2. The molecule has 1 fully saturated rings. The maximum absolute atomic E-state index is 14.1. The Morgan fingerprint density at radius 3 is 2.32 bits per heavy atom. The van der Waals surface area contributed by atoms with E-state index < -0.39 is 41.5 Å². The fourth-order valence-electron chi connectivity index (χ4n) is 8.39. The number of aryl methyl sites for hydroxylation is 3. The normalized spacial score (nSPS) is 17.7. The summed E-state index contributed by atoms with van der Waals surface area (Å²) in [6.07, 6.45) is -0.264. The number of aliphatic imine (C=N–C) groups is 1. The number of nitrogens with zero attached hydrogens (tertiary/aromatic N) is 6. The summed E-state index contributed by atoms with van der Waals surface area (Å²) >= 11 is 9.45. The van der Waals surface area contributed by atoms with Gasteiger partial charge < -0.3 is 35.4 Å². The van der Waals surface area contributed by atoms with E-state index in [0.29, 0.717) is 29.7 Å². The average Bonchev–Trinajstić information content (AvgIpc) is 4.07. The number of aliphatic hydroxyl groups is 1. The maximum Gasteiger partial charge on any atom is 0.246 e. The van der Waals surface area contributed by atoms with Gasteiger partial charge in [0.2, 0.25) is 23.6 Å². The fraction of sp³-hybridized carbons (Fsp3) is 0.469. The minimum Gasteiger partial charge on any atom is -0.391 e. The Bertz CT molecular complexity index is 2640. The zero-order valence-electron chi connectivity index (χ0n) is 39.7. The summed E-state index contributed by atoms with van der Waals surface area (Å²) < 4.78 is 13.4. The maximum atomic E-state index is 14.1. The molecule has 2 aromatic carbocycles. The van der Waals surface area contributed by atoms with E-state index in [2.05, 4.69) is 45.0 Å². The quantitative estimate of drug-likeness (QED) is 0.0700. The van der Waals surface area contributed by atoms with Gasteiger partial charge in [-0.3, -0.25) is 28.7 Å². The molecule has 4 amide bonds. The predicted octanol–water partition coefficient (Wildman–Crippen LogP) is 6.53. The van der Waals surface area contributed by atoms with Crippen LogP contribution in [0.25, 0.3) is 15.4 Å². The second-order valence-electron chi connectivity index (χ2n) is 18.4. The molecule has 0 spiro atoms. The lowest BCUT2D eigenvalue weighted by Gasteiger charge is -2.35. The third kappa shape index (κ3) is 11.7. The van der Waals surface area contributed by atoms with E-state index in [0.717, 1.165) is 54.0 Å². The van der Waals surface area contributed by atoms with Crippen molar-refractivity contribution in [1.82, 2.24) is 40.6 Å².